The van der Waals surface area contributed by atoms with Crippen LogP contribution in [0.1, 0.15) is 37.5 Å². The smallest absolute Gasteiger partial charge is 0.407 e. The van der Waals surface area contributed by atoms with E-state index in [9.17, 15) is 4.79 Å². The number of hydrogen-bond acceptors (Lipinski definition) is 3. The number of amides is 1. The predicted octanol–water partition coefficient (Wildman–Crippen LogP) is 4.02. The monoisotopic (exact) mass is 353 g/mol. The Morgan fingerprint density at radius 3 is 2.62 bits per heavy atom. The number of rotatable bonds is 3. The highest BCUT2D eigenvalue weighted by molar-refractivity contribution is 5.73. The van der Waals surface area contributed by atoms with E-state index in [0.29, 0.717) is 13.1 Å². The van der Waals surface area contributed by atoms with Crippen molar-refractivity contribution >= 4 is 11.7 Å². The van der Waals surface area contributed by atoms with Crippen molar-refractivity contribution in [3.63, 3.8) is 0 Å². The van der Waals surface area contributed by atoms with Crippen LogP contribution in [-0.4, -0.2) is 45.6 Å². The van der Waals surface area contributed by atoms with Crippen LogP contribution in [0, 0.1) is 0 Å². The van der Waals surface area contributed by atoms with Gasteiger partial charge in [-0.05, 0) is 42.4 Å². The Morgan fingerprint density at radius 2 is 1.96 bits per heavy atom. The van der Waals surface area contributed by atoms with Crippen molar-refractivity contribution in [2.24, 2.45) is 0 Å². The van der Waals surface area contributed by atoms with Crippen LogP contribution in [0.5, 0.6) is 0 Å². The molecule has 0 bridgehead atoms. The van der Waals surface area contributed by atoms with Crippen molar-refractivity contribution in [3.8, 4) is 11.1 Å². The summed E-state index contributed by atoms with van der Waals surface area (Å²) in [4.78, 5) is 12.4. The lowest BCUT2D eigenvalue weighted by molar-refractivity contribution is -0.0394. The molecule has 0 spiro atoms. The summed E-state index contributed by atoms with van der Waals surface area (Å²) in [6, 6.07) is 8.41. The quantitative estimate of drug-likeness (QED) is 0.905. The number of nitrogens with zero attached hydrogens (tertiary/aromatic N) is 3. The van der Waals surface area contributed by atoms with E-state index < -0.39 is 6.09 Å². The molecule has 1 saturated heterocycles. The molecule has 0 radical (unpaired) electrons. The zero-order valence-electron chi connectivity index (χ0n) is 14.7. The highest BCUT2D eigenvalue weighted by Gasteiger charge is 2.18. The summed E-state index contributed by atoms with van der Waals surface area (Å²) >= 11 is 0. The second-order valence-electron chi connectivity index (χ2n) is 6.82. The first kappa shape index (κ1) is 16.8. The maximum atomic E-state index is 11.0. The normalized spacial score (nSPS) is 20.7. The number of benzene rings is 1. The van der Waals surface area contributed by atoms with E-state index in [2.05, 4.69) is 35.6 Å². The second-order valence-corrected chi connectivity index (χ2v) is 6.82. The van der Waals surface area contributed by atoms with Gasteiger partial charge in [-0.15, -0.1) is 0 Å². The first-order valence-corrected chi connectivity index (χ1v) is 9.14. The van der Waals surface area contributed by atoms with Crippen LogP contribution in [0.25, 0.3) is 16.7 Å². The fourth-order valence-electron chi connectivity index (χ4n) is 3.56. The predicted molar refractivity (Wildman–Crippen MR) is 98.7 cm³/mol. The van der Waals surface area contributed by atoms with Gasteiger partial charge in [0.15, 0.2) is 0 Å². The summed E-state index contributed by atoms with van der Waals surface area (Å²) < 4.78 is 7.71. The summed E-state index contributed by atoms with van der Waals surface area (Å²) in [5.74, 6) is 0. The number of ether oxygens (including phenoxy) is 1. The standard InChI is InChI=1S/C20H23N3O3/c24-20(25)22-10-8-17(9-11-22)15-4-6-16(7-5-15)18-13-21-23(14-18)19-3-1-2-12-26-19/h4-8,13-14,19H,1-3,9-12H2,(H,24,25). The van der Waals surface area contributed by atoms with Crippen molar-refractivity contribution in [2.45, 2.75) is 31.9 Å². The van der Waals surface area contributed by atoms with E-state index in [1.165, 1.54) is 16.9 Å². The Labute approximate surface area is 152 Å². The van der Waals surface area contributed by atoms with Crippen LogP contribution in [-0.2, 0) is 4.74 Å². The average molecular weight is 353 g/mol. The third-order valence-electron chi connectivity index (χ3n) is 5.12. The lowest BCUT2D eigenvalue weighted by atomic mass is 9.97. The molecule has 3 heterocycles. The Morgan fingerprint density at radius 1 is 1.15 bits per heavy atom. The fourth-order valence-corrected chi connectivity index (χ4v) is 3.56. The Balaban J connectivity index is 1.46. The van der Waals surface area contributed by atoms with E-state index >= 15 is 0 Å². The number of carboxylic acid groups (broad SMARTS) is 1. The molecule has 6 nitrogen and oxygen atoms in total. The van der Waals surface area contributed by atoms with Gasteiger partial charge in [-0.1, -0.05) is 30.3 Å². The number of hydrogen-bond donors (Lipinski definition) is 1. The van der Waals surface area contributed by atoms with E-state index in [-0.39, 0.29) is 6.23 Å². The van der Waals surface area contributed by atoms with E-state index in [4.69, 9.17) is 9.84 Å². The maximum absolute atomic E-state index is 11.0. The Bertz CT molecular complexity index is 804. The molecule has 1 amide bonds. The van der Waals surface area contributed by atoms with Crippen LogP contribution in [0.2, 0.25) is 0 Å². The van der Waals surface area contributed by atoms with Crippen molar-refractivity contribution in [1.29, 1.82) is 0 Å². The largest absolute Gasteiger partial charge is 0.465 e. The van der Waals surface area contributed by atoms with E-state index in [0.717, 1.165) is 42.6 Å². The minimum absolute atomic E-state index is 0.0568. The molecular formula is C20H23N3O3. The number of carbonyl (C=O) groups is 1. The van der Waals surface area contributed by atoms with Crippen LogP contribution in [0.4, 0.5) is 4.79 Å². The second kappa shape index (κ2) is 7.33. The van der Waals surface area contributed by atoms with E-state index in [1.54, 1.807) is 0 Å². The minimum Gasteiger partial charge on any atom is -0.465 e. The molecule has 1 N–H and O–H groups in total. The highest BCUT2D eigenvalue weighted by atomic mass is 16.5. The van der Waals surface area contributed by atoms with Crippen LogP contribution < -0.4 is 0 Å². The molecule has 6 heteroatoms. The van der Waals surface area contributed by atoms with Crippen molar-refractivity contribution < 1.29 is 14.6 Å². The van der Waals surface area contributed by atoms with Crippen LogP contribution in [0.3, 0.4) is 0 Å². The molecule has 1 fully saturated rings. The Kier molecular flexibility index (Phi) is 4.75. The van der Waals surface area contributed by atoms with E-state index in [1.807, 2.05) is 17.0 Å². The molecule has 26 heavy (non-hydrogen) atoms. The fraction of sp³-hybridized carbons (Fsp3) is 0.400. The molecule has 1 aromatic heterocycles. The molecule has 2 aromatic rings. The molecule has 136 valence electrons. The first-order valence-electron chi connectivity index (χ1n) is 9.14. The molecule has 0 aliphatic carbocycles. The molecule has 4 rings (SSSR count). The van der Waals surface area contributed by atoms with Gasteiger partial charge in [0.2, 0.25) is 0 Å². The maximum Gasteiger partial charge on any atom is 0.407 e. The summed E-state index contributed by atoms with van der Waals surface area (Å²) in [7, 11) is 0. The summed E-state index contributed by atoms with van der Waals surface area (Å²) in [6.07, 6.45) is 9.23. The molecular weight excluding hydrogens is 330 g/mol. The van der Waals surface area contributed by atoms with Crippen LogP contribution >= 0.6 is 0 Å². The van der Waals surface area contributed by atoms with Gasteiger partial charge >= 0.3 is 6.09 Å². The van der Waals surface area contributed by atoms with Gasteiger partial charge in [-0.25, -0.2) is 9.48 Å². The van der Waals surface area contributed by atoms with Gasteiger partial charge in [-0.2, -0.15) is 5.10 Å². The summed E-state index contributed by atoms with van der Waals surface area (Å²) in [6.45, 7) is 1.82. The van der Waals surface area contributed by atoms with Gasteiger partial charge in [-0.3, -0.25) is 0 Å². The lowest BCUT2D eigenvalue weighted by Crippen LogP contribution is -2.33. The van der Waals surface area contributed by atoms with Gasteiger partial charge < -0.3 is 14.7 Å². The summed E-state index contributed by atoms with van der Waals surface area (Å²) in [5.41, 5.74) is 4.57. The number of aromatic nitrogens is 2. The van der Waals surface area contributed by atoms with Gasteiger partial charge in [0.25, 0.3) is 0 Å². The molecule has 0 saturated carbocycles. The summed E-state index contributed by atoms with van der Waals surface area (Å²) in [5, 5.41) is 13.5. The van der Waals surface area contributed by atoms with Gasteiger partial charge in [0, 0.05) is 31.5 Å². The van der Waals surface area contributed by atoms with Gasteiger partial charge in [0.1, 0.15) is 6.23 Å². The van der Waals surface area contributed by atoms with Crippen molar-refractivity contribution in [2.75, 3.05) is 19.7 Å². The van der Waals surface area contributed by atoms with Crippen molar-refractivity contribution in [1.82, 2.24) is 14.7 Å². The first-order chi connectivity index (χ1) is 12.7. The highest BCUT2D eigenvalue weighted by Crippen LogP contribution is 2.28. The molecule has 2 aliphatic heterocycles. The topological polar surface area (TPSA) is 67.6 Å². The molecule has 1 atom stereocenters. The SMILES string of the molecule is O=C(O)N1CC=C(c2ccc(-c3cnn(C4CCCCO4)c3)cc2)CC1. The Hall–Kier alpha value is -2.60. The molecule has 2 aliphatic rings. The molecule has 1 unspecified atom stereocenters. The van der Waals surface area contributed by atoms with Crippen LogP contribution in [0.15, 0.2) is 42.7 Å². The van der Waals surface area contributed by atoms with Gasteiger partial charge in [0.05, 0.1) is 6.20 Å². The zero-order chi connectivity index (χ0) is 17.9. The third kappa shape index (κ3) is 3.51. The third-order valence-corrected chi connectivity index (χ3v) is 5.12. The lowest BCUT2D eigenvalue weighted by Gasteiger charge is -2.23. The average Bonchev–Trinajstić information content (AvgIpc) is 3.19. The van der Waals surface area contributed by atoms with Crippen molar-refractivity contribution in [3.05, 3.63) is 48.3 Å². The minimum atomic E-state index is -0.852. The molecule has 1 aromatic carbocycles. The zero-order valence-corrected chi connectivity index (χ0v) is 14.7.